The number of oxazole rings is 1. The van der Waals surface area contributed by atoms with Gasteiger partial charge < -0.3 is 14.5 Å². The molecule has 0 unspecified atom stereocenters. The molecule has 0 spiro atoms. The van der Waals surface area contributed by atoms with Crippen molar-refractivity contribution in [1.82, 2.24) is 10.3 Å². The quantitative estimate of drug-likeness (QED) is 0.749. The lowest BCUT2D eigenvalue weighted by Crippen LogP contribution is -2.09. The van der Waals surface area contributed by atoms with Gasteiger partial charge in [0, 0.05) is 6.54 Å². The Bertz CT molecular complexity index is 246. The van der Waals surface area contributed by atoms with Crippen molar-refractivity contribution >= 4 is 0 Å². The Hall–Kier alpha value is -0.870. The first-order valence-electron chi connectivity index (χ1n) is 4.41. The summed E-state index contributed by atoms with van der Waals surface area (Å²) in [5.41, 5.74) is 0.920. The molecule has 0 atom stereocenters. The van der Waals surface area contributed by atoms with Gasteiger partial charge in [-0.3, -0.25) is 0 Å². The highest BCUT2D eigenvalue weighted by Crippen LogP contribution is 2.08. The molecule has 0 aliphatic heterocycles. The van der Waals surface area contributed by atoms with Gasteiger partial charge in [0.05, 0.1) is 11.8 Å². The monoisotopic (exact) mass is 184 g/mol. The summed E-state index contributed by atoms with van der Waals surface area (Å²) in [6.45, 7) is 5.20. The molecule has 1 aromatic rings. The van der Waals surface area contributed by atoms with Crippen molar-refractivity contribution in [2.75, 3.05) is 7.05 Å². The molecule has 4 heteroatoms. The minimum Gasteiger partial charge on any atom is -0.446 e. The van der Waals surface area contributed by atoms with Gasteiger partial charge in [-0.05, 0) is 20.9 Å². The lowest BCUT2D eigenvalue weighted by Gasteiger charge is -2.05. The molecule has 0 aliphatic carbocycles. The zero-order chi connectivity index (χ0) is 9.68. The van der Waals surface area contributed by atoms with Crippen LogP contribution in [0.4, 0.5) is 0 Å². The van der Waals surface area contributed by atoms with Gasteiger partial charge >= 0.3 is 0 Å². The van der Waals surface area contributed by atoms with Crippen LogP contribution < -0.4 is 5.32 Å². The molecule has 1 N–H and O–H groups in total. The summed E-state index contributed by atoms with van der Waals surface area (Å²) in [5.74, 6) is 0.808. The van der Waals surface area contributed by atoms with E-state index in [2.05, 4.69) is 10.3 Å². The van der Waals surface area contributed by atoms with Crippen molar-refractivity contribution in [3.8, 4) is 0 Å². The molecule has 4 nitrogen and oxygen atoms in total. The summed E-state index contributed by atoms with van der Waals surface area (Å²) in [7, 11) is 1.88. The minimum absolute atomic E-state index is 0.215. The second-order valence-electron chi connectivity index (χ2n) is 3.11. The fraction of sp³-hybridized carbons (Fsp3) is 0.667. The van der Waals surface area contributed by atoms with Crippen LogP contribution in [-0.2, 0) is 17.9 Å². The third-order valence-corrected chi connectivity index (χ3v) is 1.62. The Morgan fingerprint density at radius 3 is 3.00 bits per heavy atom. The predicted molar refractivity (Wildman–Crippen MR) is 49.2 cm³/mol. The van der Waals surface area contributed by atoms with E-state index in [9.17, 15) is 0 Å². The first-order chi connectivity index (χ1) is 6.24. The van der Waals surface area contributed by atoms with Crippen LogP contribution in [0.15, 0.2) is 10.8 Å². The van der Waals surface area contributed by atoms with E-state index < -0.39 is 0 Å². The second-order valence-corrected chi connectivity index (χ2v) is 3.11. The molecule has 74 valence electrons. The van der Waals surface area contributed by atoms with Crippen LogP contribution in [-0.4, -0.2) is 18.1 Å². The van der Waals surface area contributed by atoms with Crippen molar-refractivity contribution in [3.05, 3.63) is 17.8 Å². The summed E-state index contributed by atoms with van der Waals surface area (Å²) < 4.78 is 10.6. The molecule has 1 aromatic heterocycles. The number of nitrogens with zero attached hydrogens (tertiary/aromatic N) is 1. The largest absolute Gasteiger partial charge is 0.446 e. The SMILES string of the molecule is CNCc1ncoc1COC(C)C. The molecule has 0 amide bonds. The number of nitrogens with one attached hydrogen (secondary N) is 1. The molecular weight excluding hydrogens is 168 g/mol. The summed E-state index contributed by atoms with van der Waals surface area (Å²) >= 11 is 0. The molecule has 0 aliphatic rings. The third kappa shape index (κ3) is 3.16. The maximum atomic E-state index is 5.41. The average Bonchev–Trinajstić information content (AvgIpc) is 2.49. The Morgan fingerprint density at radius 2 is 2.38 bits per heavy atom. The highest BCUT2D eigenvalue weighted by Gasteiger charge is 2.07. The lowest BCUT2D eigenvalue weighted by molar-refractivity contribution is 0.0539. The molecule has 0 aromatic carbocycles. The van der Waals surface area contributed by atoms with E-state index in [4.69, 9.17) is 9.15 Å². The number of rotatable bonds is 5. The van der Waals surface area contributed by atoms with Gasteiger partial charge in [0.1, 0.15) is 6.61 Å². The zero-order valence-electron chi connectivity index (χ0n) is 8.33. The van der Waals surface area contributed by atoms with Gasteiger partial charge in [-0.15, -0.1) is 0 Å². The van der Waals surface area contributed by atoms with Gasteiger partial charge in [0.15, 0.2) is 12.2 Å². The molecule has 1 rings (SSSR count). The lowest BCUT2D eigenvalue weighted by atomic mass is 10.3. The van der Waals surface area contributed by atoms with Crippen LogP contribution in [0.3, 0.4) is 0 Å². The van der Waals surface area contributed by atoms with Crippen LogP contribution in [0.5, 0.6) is 0 Å². The van der Waals surface area contributed by atoms with Crippen molar-refractivity contribution in [1.29, 1.82) is 0 Å². The highest BCUT2D eigenvalue weighted by molar-refractivity contribution is 5.05. The minimum atomic E-state index is 0.215. The van der Waals surface area contributed by atoms with Crippen LogP contribution in [0, 0.1) is 0 Å². The summed E-state index contributed by atoms with van der Waals surface area (Å²) in [6, 6.07) is 0. The van der Waals surface area contributed by atoms with E-state index in [-0.39, 0.29) is 6.10 Å². The fourth-order valence-electron chi connectivity index (χ4n) is 0.965. The summed E-state index contributed by atoms with van der Waals surface area (Å²) in [4.78, 5) is 4.07. The molecule has 0 saturated heterocycles. The van der Waals surface area contributed by atoms with E-state index in [1.165, 1.54) is 6.39 Å². The first-order valence-corrected chi connectivity index (χ1v) is 4.41. The highest BCUT2D eigenvalue weighted by atomic mass is 16.5. The number of ether oxygens (including phenoxy) is 1. The van der Waals surface area contributed by atoms with Gasteiger partial charge in [0.2, 0.25) is 0 Å². The third-order valence-electron chi connectivity index (χ3n) is 1.62. The Labute approximate surface area is 78.3 Å². The maximum Gasteiger partial charge on any atom is 0.181 e. The van der Waals surface area contributed by atoms with Gasteiger partial charge in [-0.2, -0.15) is 0 Å². The average molecular weight is 184 g/mol. The van der Waals surface area contributed by atoms with Crippen molar-refractivity contribution in [3.63, 3.8) is 0 Å². The fourth-order valence-corrected chi connectivity index (χ4v) is 0.965. The van der Waals surface area contributed by atoms with Crippen LogP contribution >= 0.6 is 0 Å². The van der Waals surface area contributed by atoms with Gasteiger partial charge in [-0.25, -0.2) is 4.98 Å². The molecule has 1 heterocycles. The Kier molecular flexibility index (Phi) is 3.92. The number of hydrogen-bond acceptors (Lipinski definition) is 4. The topological polar surface area (TPSA) is 47.3 Å². The van der Waals surface area contributed by atoms with E-state index in [1.807, 2.05) is 20.9 Å². The summed E-state index contributed by atoms with van der Waals surface area (Å²) in [6.07, 6.45) is 1.67. The Balaban J connectivity index is 2.49. The standard InChI is InChI=1S/C9H16N2O2/c1-7(2)12-5-9-8(4-10-3)11-6-13-9/h6-7,10H,4-5H2,1-3H3. The number of hydrogen-bond donors (Lipinski definition) is 1. The predicted octanol–water partition coefficient (Wildman–Crippen LogP) is 1.32. The van der Waals surface area contributed by atoms with Crippen molar-refractivity contribution in [2.45, 2.75) is 33.1 Å². The second kappa shape index (κ2) is 4.99. The Morgan fingerprint density at radius 1 is 1.62 bits per heavy atom. The maximum absolute atomic E-state index is 5.41. The van der Waals surface area contributed by atoms with E-state index in [1.54, 1.807) is 0 Å². The first kappa shape index (κ1) is 10.2. The zero-order valence-corrected chi connectivity index (χ0v) is 8.33. The molecule has 0 bridgehead atoms. The normalized spacial score (nSPS) is 11.1. The van der Waals surface area contributed by atoms with E-state index >= 15 is 0 Å². The molecule has 0 fully saturated rings. The molecule has 0 saturated carbocycles. The van der Waals surface area contributed by atoms with Crippen molar-refractivity contribution < 1.29 is 9.15 Å². The van der Waals surface area contributed by atoms with Crippen LogP contribution in [0.25, 0.3) is 0 Å². The molecular formula is C9H16N2O2. The van der Waals surface area contributed by atoms with Crippen LogP contribution in [0.1, 0.15) is 25.3 Å². The van der Waals surface area contributed by atoms with Crippen molar-refractivity contribution in [2.24, 2.45) is 0 Å². The molecule has 13 heavy (non-hydrogen) atoms. The van der Waals surface area contributed by atoms with Gasteiger partial charge in [0.25, 0.3) is 0 Å². The summed E-state index contributed by atoms with van der Waals surface area (Å²) in [5, 5.41) is 3.02. The smallest absolute Gasteiger partial charge is 0.181 e. The molecule has 0 radical (unpaired) electrons. The van der Waals surface area contributed by atoms with E-state index in [0.717, 1.165) is 11.5 Å². The van der Waals surface area contributed by atoms with E-state index in [0.29, 0.717) is 13.2 Å². The van der Waals surface area contributed by atoms with Gasteiger partial charge in [-0.1, -0.05) is 0 Å². The number of aromatic nitrogens is 1. The van der Waals surface area contributed by atoms with Crippen LogP contribution in [0.2, 0.25) is 0 Å².